The van der Waals surface area contributed by atoms with Gasteiger partial charge in [-0.3, -0.25) is 4.79 Å². The molecule has 0 bridgehead atoms. The summed E-state index contributed by atoms with van der Waals surface area (Å²) in [4.78, 5) is 16.2. The average Bonchev–Trinajstić information content (AvgIpc) is 2.44. The lowest BCUT2D eigenvalue weighted by molar-refractivity contribution is 0.0663. The lowest BCUT2D eigenvalue weighted by Crippen LogP contribution is -2.47. The molecule has 0 aromatic heterocycles. The average molecular weight is 287 g/mol. The summed E-state index contributed by atoms with van der Waals surface area (Å²) in [6.07, 6.45) is 0. The maximum atomic E-state index is 12.5. The summed E-state index contributed by atoms with van der Waals surface area (Å²) in [5.41, 5.74) is 0.0144. The largest absolute Gasteiger partial charge is 0.336 e. The number of carbonyl (C=O) groups excluding carboxylic acids is 1. The molecule has 1 fully saturated rings. The Morgan fingerprint density at radius 1 is 1.31 bits per heavy atom. The smallest absolute Gasteiger partial charge is 0.255 e. The first-order valence-electron chi connectivity index (χ1n) is 7.08. The molecule has 1 aliphatic rings. The maximum Gasteiger partial charge on any atom is 0.255 e. The van der Waals surface area contributed by atoms with E-state index < -0.39 is 0 Å². The molecular weight excluding hydrogens is 268 g/mol. The summed E-state index contributed by atoms with van der Waals surface area (Å²) in [6.45, 7) is 2.64. The van der Waals surface area contributed by atoms with E-state index in [2.05, 4.69) is 20.8 Å². The van der Waals surface area contributed by atoms with Crippen LogP contribution in [0.2, 0.25) is 0 Å². The molecule has 86 valence electrons. The molecule has 1 aromatic carbocycles. The lowest BCUT2D eigenvalue weighted by atomic mass is 10.2. The molecule has 0 atom stereocenters. The molecule has 2 rings (SSSR count). The zero-order valence-corrected chi connectivity index (χ0v) is 10.6. The van der Waals surface area contributed by atoms with Crippen molar-refractivity contribution in [3.05, 3.63) is 34.2 Å². The van der Waals surface area contributed by atoms with Crippen molar-refractivity contribution < 1.29 is 10.3 Å². The summed E-state index contributed by atoms with van der Waals surface area (Å²) in [6, 6.07) is -1.22. The van der Waals surface area contributed by atoms with Crippen molar-refractivity contribution in [3.63, 3.8) is 0 Å². The molecule has 0 spiro atoms. The van der Waals surface area contributed by atoms with Crippen molar-refractivity contribution in [2.75, 3.05) is 33.2 Å². The zero-order valence-electron chi connectivity index (χ0n) is 13.0. The third-order valence-electron chi connectivity index (χ3n) is 2.65. The van der Waals surface area contributed by atoms with Crippen LogP contribution in [-0.2, 0) is 0 Å². The number of piperazine rings is 1. The van der Waals surface area contributed by atoms with Crippen molar-refractivity contribution in [1.29, 1.82) is 0 Å². The van der Waals surface area contributed by atoms with E-state index in [1.54, 1.807) is 4.90 Å². The molecule has 0 unspecified atom stereocenters. The molecule has 0 saturated carbocycles. The summed E-state index contributed by atoms with van der Waals surface area (Å²) < 4.78 is 31.0. The van der Waals surface area contributed by atoms with Gasteiger partial charge in [0.15, 0.2) is 0 Å². The number of hydrogen-bond donors (Lipinski definition) is 0. The van der Waals surface area contributed by atoms with Crippen LogP contribution < -0.4 is 0 Å². The number of carbonyl (C=O) groups is 1. The van der Waals surface area contributed by atoms with Crippen LogP contribution in [0.4, 0.5) is 0 Å². The fourth-order valence-corrected chi connectivity index (χ4v) is 1.98. The number of benzene rings is 1. The third kappa shape index (κ3) is 2.44. The highest BCUT2D eigenvalue weighted by molar-refractivity contribution is 9.10. The number of likely N-dealkylation sites (N-methyl/N-ethyl adjacent to an activating group) is 1. The van der Waals surface area contributed by atoms with Gasteiger partial charge < -0.3 is 9.80 Å². The second-order valence-electron chi connectivity index (χ2n) is 3.78. The topological polar surface area (TPSA) is 23.6 Å². The first-order chi connectivity index (χ1) is 9.34. The highest BCUT2D eigenvalue weighted by Gasteiger charge is 2.21. The van der Waals surface area contributed by atoms with Gasteiger partial charge in [-0.15, -0.1) is 0 Å². The van der Waals surface area contributed by atoms with Crippen LogP contribution >= 0.6 is 15.9 Å². The van der Waals surface area contributed by atoms with Crippen molar-refractivity contribution in [2.24, 2.45) is 0 Å². The minimum absolute atomic E-state index is 0.0144. The van der Waals surface area contributed by atoms with E-state index in [9.17, 15) is 4.79 Å². The van der Waals surface area contributed by atoms with E-state index >= 15 is 0 Å². The van der Waals surface area contributed by atoms with Gasteiger partial charge in [0.25, 0.3) is 5.91 Å². The predicted molar refractivity (Wildman–Crippen MR) is 67.5 cm³/mol. The van der Waals surface area contributed by atoms with Crippen LogP contribution in [0.25, 0.3) is 0 Å². The van der Waals surface area contributed by atoms with Crippen molar-refractivity contribution >= 4 is 21.8 Å². The van der Waals surface area contributed by atoms with Gasteiger partial charge in [-0.2, -0.15) is 0 Å². The summed E-state index contributed by atoms with van der Waals surface area (Å²) in [7, 11) is 1.98. The first kappa shape index (κ1) is 7.45. The van der Waals surface area contributed by atoms with Gasteiger partial charge in [0.05, 0.1) is 11.0 Å². The molecule has 1 heterocycles. The zero-order chi connectivity index (χ0) is 15.0. The lowest BCUT2D eigenvalue weighted by Gasteiger charge is -2.32. The van der Waals surface area contributed by atoms with Gasteiger partial charge in [0.2, 0.25) is 0 Å². The minimum Gasteiger partial charge on any atom is -0.336 e. The molecule has 0 aliphatic carbocycles. The van der Waals surface area contributed by atoms with Gasteiger partial charge in [-0.1, -0.05) is 12.1 Å². The minimum atomic E-state index is -0.379. The molecule has 0 radical (unpaired) electrons. The van der Waals surface area contributed by atoms with Crippen molar-refractivity contribution in [1.82, 2.24) is 9.80 Å². The van der Waals surface area contributed by atoms with Gasteiger partial charge in [-0.05, 0) is 35.1 Å². The Morgan fingerprint density at radius 2 is 1.94 bits per heavy atom. The summed E-state index contributed by atoms with van der Waals surface area (Å²) in [5.74, 6) is -0.350. The maximum absolute atomic E-state index is 12.5. The summed E-state index contributed by atoms with van der Waals surface area (Å²) in [5, 5.41) is 0. The Balaban J connectivity index is 2.40. The quantitative estimate of drug-likeness (QED) is 0.787. The second kappa shape index (κ2) is 4.97. The number of nitrogens with zero attached hydrogens (tertiary/aromatic N) is 2. The Bertz CT molecular complexity index is 530. The fraction of sp³-hybridized carbons (Fsp3) is 0.417. The normalized spacial score (nSPS) is 21.0. The first-order valence-corrected chi connectivity index (χ1v) is 5.87. The molecule has 16 heavy (non-hydrogen) atoms. The SMILES string of the molecule is [2H]c1c([2H])c([2H])c(C(=O)N2CCN(C)CC2)c(Br)c1[2H]. The molecule has 0 N–H and O–H groups in total. The van der Waals surface area contributed by atoms with Crippen LogP contribution in [-0.4, -0.2) is 48.9 Å². The third-order valence-corrected chi connectivity index (χ3v) is 3.24. The number of amides is 1. The second-order valence-corrected chi connectivity index (χ2v) is 4.58. The Labute approximate surface area is 110 Å². The Morgan fingerprint density at radius 3 is 2.62 bits per heavy atom. The van der Waals surface area contributed by atoms with Gasteiger partial charge >= 0.3 is 0 Å². The van der Waals surface area contributed by atoms with Gasteiger partial charge in [0.1, 0.15) is 0 Å². The highest BCUT2D eigenvalue weighted by Crippen LogP contribution is 2.18. The van der Waals surface area contributed by atoms with E-state index in [0.717, 1.165) is 13.1 Å². The monoisotopic (exact) mass is 286 g/mol. The molecule has 1 saturated heterocycles. The highest BCUT2D eigenvalue weighted by atomic mass is 79.9. The van der Waals surface area contributed by atoms with Crippen LogP contribution in [0.15, 0.2) is 28.6 Å². The van der Waals surface area contributed by atoms with E-state index in [4.69, 9.17) is 5.48 Å². The van der Waals surface area contributed by atoms with Crippen molar-refractivity contribution in [3.8, 4) is 0 Å². The molecule has 1 aliphatic heterocycles. The summed E-state index contributed by atoms with van der Waals surface area (Å²) >= 11 is 3.13. The molecule has 4 heteroatoms. The van der Waals surface area contributed by atoms with E-state index in [0.29, 0.717) is 13.1 Å². The van der Waals surface area contributed by atoms with Gasteiger partial charge in [0, 0.05) is 30.7 Å². The molecule has 3 nitrogen and oxygen atoms in total. The van der Waals surface area contributed by atoms with Crippen molar-refractivity contribution in [2.45, 2.75) is 0 Å². The van der Waals surface area contributed by atoms with E-state index in [1.165, 1.54) is 0 Å². The van der Waals surface area contributed by atoms with Crippen LogP contribution in [0.5, 0.6) is 0 Å². The van der Waals surface area contributed by atoms with E-state index in [-0.39, 0.29) is 40.1 Å². The molecule has 1 amide bonds. The van der Waals surface area contributed by atoms with Gasteiger partial charge in [-0.25, -0.2) is 0 Å². The van der Waals surface area contributed by atoms with Crippen LogP contribution in [0.1, 0.15) is 15.8 Å². The molecule has 1 aromatic rings. The van der Waals surface area contributed by atoms with E-state index in [1.807, 2.05) is 7.05 Å². The number of halogens is 1. The predicted octanol–water partition coefficient (Wildman–Crippen LogP) is 1.84. The number of hydrogen-bond acceptors (Lipinski definition) is 2. The standard InChI is InChI=1S/C12H15BrN2O/c1-14-6-8-15(9-7-14)12(16)10-4-2-3-5-11(10)13/h2-5H,6-9H2,1H3/i2D,3D,4D,5D. The van der Waals surface area contributed by atoms with Crippen LogP contribution in [0, 0.1) is 0 Å². The van der Waals surface area contributed by atoms with Crippen LogP contribution in [0.3, 0.4) is 0 Å². The Kier molecular flexibility index (Phi) is 2.32. The fourth-order valence-electron chi connectivity index (χ4n) is 1.61. The Hall–Kier alpha value is -0.870. The number of rotatable bonds is 1. The molecular formula is C12H15BrN2O.